The molecule has 0 atom stereocenters. The summed E-state index contributed by atoms with van der Waals surface area (Å²) >= 11 is 0. The molecule has 0 spiro atoms. The fraction of sp³-hybridized carbons (Fsp3) is 0.222. The van der Waals surface area contributed by atoms with Crippen LogP contribution in [0.3, 0.4) is 0 Å². The van der Waals surface area contributed by atoms with Crippen LogP contribution in [0.1, 0.15) is 11.1 Å². The summed E-state index contributed by atoms with van der Waals surface area (Å²) in [5.74, 6) is 0.687. The van der Waals surface area contributed by atoms with E-state index in [0.717, 1.165) is 5.56 Å². The van der Waals surface area contributed by atoms with Crippen molar-refractivity contribution in [1.82, 2.24) is 4.90 Å². The maximum Gasteiger partial charge on any atom is 0.322 e. The molecule has 0 saturated heterocycles. The highest BCUT2D eigenvalue weighted by Gasteiger charge is 2.15. The minimum atomic E-state index is -0.334. The van der Waals surface area contributed by atoms with Crippen LogP contribution in [0.25, 0.3) is 0 Å². The summed E-state index contributed by atoms with van der Waals surface area (Å²) in [6.45, 7) is 0.364. The van der Waals surface area contributed by atoms with Crippen LogP contribution in [0.15, 0.2) is 48.5 Å². The van der Waals surface area contributed by atoms with E-state index >= 15 is 0 Å². The number of benzene rings is 2. The largest absolute Gasteiger partial charge is 0.496 e. The molecule has 0 saturated carbocycles. The molecule has 6 nitrogen and oxygen atoms in total. The van der Waals surface area contributed by atoms with Crippen molar-refractivity contribution in [1.29, 1.82) is 5.26 Å². The standard InChI is InChI=1S/C18H19N3O3/c1-24-17-5-3-2-4-15(17)13-21(10-11-22)18(23)20-16-8-6-14(12-19)7-9-16/h2-9,22H,10-11,13H2,1H3,(H,20,23). The van der Waals surface area contributed by atoms with Gasteiger partial charge in [0.1, 0.15) is 5.75 Å². The van der Waals surface area contributed by atoms with Crippen LogP contribution in [0, 0.1) is 11.3 Å². The van der Waals surface area contributed by atoms with Gasteiger partial charge < -0.3 is 20.1 Å². The highest BCUT2D eigenvalue weighted by atomic mass is 16.5. The monoisotopic (exact) mass is 325 g/mol. The quantitative estimate of drug-likeness (QED) is 0.855. The van der Waals surface area contributed by atoms with Crippen LogP contribution >= 0.6 is 0 Å². The summed E-state index contributed by atoms with van der Waals surface area (Å²) in [5, 5.41) is 20.8. The summed E-state index contributed by atoms with van der Waals surface area (Å²) in [6.07, 6.45) is 0. The van der Waals surface area contributed by atoms with Crippen molar-refractivity contribution >= 4 is 11.7 Å². The molecule has 0 unspecified atom stereocenters. The number of amides is 2. The van der Waals surface area contributed by atoms with E-state index in [1.54, 1.807) is 31.4 Å². The lowest BCUT2D eigenvalue weighted by molar-refractivity contribution is 0.184. The van der Waals surface area contributed by atoms with Gasteiger partial charge >= 0.3 is 6.03 Å². The number of carbonyl (C=O) groups excluding carboxylic acids is 1. The van der Waals surface area contributed by atoms with E-state index in [-0.39, 0.29) is 19.2 Å². The number of anilines is 1. The van der Waals surface area contributed by atoms with Crippen LogP contribution in [-0.2, 0) is 6.54 Å². The molecule has 0 radical (unpaired) electrons. The number of para-hydroxylation sites is 1. The lowest BCUT2D eigenvalue weighted by Gasteiger charge is -2.23. The van der Waals surface area contributed by atoms with E-state index in [2.05, 4.69) is 5.32 Å². The van der Waals surface area contributed by atoms with E-state index in [0.29, 0.717) is 23.5 Å². The Labute approximate surface area is 140 Å². The van der Waals surface area contributed by atoms with Gasteiger partial charge in [0.05, 0.1) is 31.9 Å². The summed E-state index contributed by atoms with van der Waals surface area (Å²) in [7, 11) is 1.58. The molecular weight excluding hydrogens is 306 g/mol. The van der Waals surface area contributed by atoms with Crippen molar-refractivity contribution in [3.05, 3.63) is 59.7 Å². The number of nitrogens with zero attached hydrogens (tertiary/aromatic N) is 2. The molecule has 0 bridgehead atoms. The van der Waals surface area contributed by atoms with Crippen LogP contribution < -0.4 is 10.1 Å². The first-order valence-corrected chi connectivity index (χ1v) is 7.46. The fourth-order valence-electron chi connectivity index (χ4n) is 2.24. The average molecular weight is 325 g/mol. The molecule has 0 aromatic heterocycles. The average Bonchev–Trinajstić information content (AvgIpc) is 2.62. The molecule has 124 valence electrons. The Bertz CT molecular complexity index is 723. The van der Waals surface area contributed by atoms with Crippen molar-refractivity contribution < 1.29 is 14.6 Å². The molecule has 2 aromatic carbocycles. The number of carbonyl (C=O) groups is 1. The van der Waals surface area contributed by atoms with Crippen molar-refractivity contribution in [2.75, 3.05) is 25.6 Å². The Kier molecular flexibility index (Phi) is 6.17. The molecule has 2 aromatic rings. The number of methoxy groups -OCH3 is 1. The Morgan fingerprint density at radius 1 is 1.25 bits per heavy atom. The zero-order valence-corrected chi connectivity index (χ0v) is 13.4. The lowest BCUT2D eigenvalue weighted by atomic mass is 10.2. The second-order valence-electron chi connectivity index (χ2n) is 5.08. The van der Waals surface area contributed by atoms with Crippen molar-refractivity contribution in [2.24, 2.45) is 0 Å². The Balaban J connectivity index is 2.10. The van der Waals surface area contributed by atoms with Crippen LogP contribution in [0.5, 0.6) is 5.75 Å². The van der Waals surface area contributed by atoms with Crippen molar-refractivity contribution in [3.63, 3.8) is 0 Å². The lowest BCUT2D eigenvalue weighted by Crippen LogP contribution is -2.36. The second-order valence-corrected chi connectivity index (χ2v) is 5.08. The van der Waals surface area contributed by atoms with Gasteiger partial charge in [0.25, 0.3) is 0 Å². The van der Waals surface area contributed by atoms with Gasteiger partial charge in [0.2, 0.25) is 0 Å². The second kappa shape index (κ2) is 8.56. The molecule has 2 amide bonds. The Morgan fingerprint density at radius 2 is 1.96 bits per heavy atom. The number of nitrogens with one attached hydrogen (secondary N) is 1. The number of urea groups is 1. The van der Waals surface area contributed by atoms with Gasteiger partial charge in [-0.05, 0) is 30.3 Å². The zero-order chi connectivity index (χ0) is 17.4. The van der Waals surface area contributed by atoms with Gasteiger partial charge in [-0.25, -0.2) is 4.79 Å². The number of hydrogen-bond donors (Lipinski definition) is 2. The minimum absolute atomic E-state index is 0.143. The number of nitriles is 1. The molecule has 6 heteroatoms. The molecule has 2 rings (SSSR count). The van der Waals surface area contributed by atoms with E-state index in [9.17, 15) is 9.90 Å². The van der Waals surface area contributed by atoms with Crippen LogP contribution in [0.2, 0.25) is 0 Å². The molecule has 0 aliphatic rings. The van der Waals surface area contributed by atoms with E-state index in [1.165, 1.54) is 4.90 Å². The van der Waals surface area contributed by atoms with E-state index in [4.69, 9.17) is 10.00 Å². The third-order valence-electron chi connectivity index (χ3n) is 3.48. The molecular formula is C18H19N3O3. The number of rotatable bonds is 6. The third kappa shape index (κ3) is 4.48. The van der Waals surface area contributed by atoms with E-state index < -0.39 is 0 Å². The minimum Gasteiger partial charge on any atom is -0.496 e. The predicted molar refractivity (Wildman–Crippen MR) is 90.7 cm³/mol. The van der Waals surface area contributed by atoms with Gasteiger partial charge in [-0.15, -0.1) is 0 Å². The zero-order valence-electron chi connectivity index (χ0n) is 13.4. The molecule has 2 N–H and O–H groups in total. The molecule has 0 aliphatic heterocycles. The van der Waals surface area contributed by atoms with Crippen molar-refractivity contribution in [2.45, 2.75) is 6.54 Å². The van der Waals surface area contributed by atoms with Crippen molar-refractivity contribution in [3.8, 4) is 11.8 Å². The van der Waals surface area contributed by atoms with Gasteiger partial charge in [-0.1, -0.05) is 18.2 Å². The molecule has 0 aliphatic carbocycles. The Hall–Kier alpha value is -3.04. The third-order valence-corrected chi connectivity index (χ3v) is 3.48. The van der Waals surface area contributed by atoms with Gasteiger partial charge in [-0.3, -0.25) is 0 Å². The van der Waals surface area contributed by atoms with Gasteiger partial charge in [0, 0.05) is 17.8 Å². The first kappa shape index (κ1) is 17.3. The van der Waals surface area contributed by atoms with Crippen LogP contribution in [0.4, 0.5) is 10.5 Å². The van der Waals surface area contributed by atoms with Gasteiger partial charge in [-0.2, -0.15) is 5.26 Å². The number of ether oxygens (including phenoxy) is 1. The SMILES string of the molecule is COc1ccccc1CN(CCO)C(=O)Nc1ccc(C#N)cc1. The topological polar surface area (TPSA) is 85.6 Å². The molecule has 0 heterocycles. The smallest absolute Gasteiger partial charge is 0.322 e. The summed E-state index contributed by atoms with van der Waals surface area (Å²) in [5.41, 5.74) is 1.96. The van der Waals surface area contributed by atoms with Crippen LogP contribution in [-0.4, -0.2) is 36.3 Å². The highest BCUT2D eigenvalue weighted by Crippen LogP contribution is 2.20. The normalized spacial score (nSPS) is 9.88. The summed E-state index contributed by atoms with van der Waals surface area (Å²) in [6, 6.07) is 15.7. The predicted octanol–water partition coefficient (Wildman–Crippen LogP) is 2.59. The fourth-order valence-corrected chi connectivity index (χ4v) is 2.24. The molecule has 0 fully saturated rings. The maximum absolute atomic E-state index is 12.5. The maximum atomic E-state index is 12.5. The summed E-state index contributed by atoms with van der Waals surface area (Å²) < 4.78 is 5.30. The number of aliphatic hydroxyl groups excluding tert-OH is 1. The molecule has 24 heavy (non-hydrogen) atoms. The number of aliphatic hydroxyl groups is 1. The first-order valence-electron chi connectivity index (χ1n) is 7.46. The first-order chi connectivity index (χ1) is 11.7. The summed E-state index contributed by atoms with van der Waals surface area (Å²) in [4.78, 5) is 14.0. The highest BCUT2D eigenvalue weighted by molar-refractivity contribution is 5.89. The Morgan fingerprint density at radius 3 is 2.58 bits per heavy atom. The van der Waals surface area contributed by atoms with Gasteiger partial charge in [0.15, 0.2) is 0 Å². The van der Waals surface area contributed by atoms with E-state index in [1.807, 2.05) is 30.3 Å². The number of hydrogen-bond acceptors (Lipinski definition) is 4.